The third-order valence-electron chi connectivity index (χ3n) is 4.27. The molecule has 1 fully saturated rings. The first-order valence-electron chi connectivity index (χ1n) is 8.45. The number of alkyl halides is 2. The monoisotopic (exact) mass is 401 g/mol. The minimum Gasteiger partial charge on any atom is -0.376 e. The largest absolute Gasteiger partial charge is 0.376 e. The molecule has 26 heavy (non-hydrogen) atoms. The Labute approximate surface area is 161 Å². The average Bonchev–Trinajstić information content (AvgIpc) is 2.61. The van der Waals surface area contributed by atoms with E-state index < -0.39 is 5.92 Å². The first-order valence-corrected chi connectivity index (χ1v) is 9.21. The molecule has 4 rings (SSSR count). The average molecular weight is 402 g/mol. The molecule has 1 aromatic carbocycles. The summed E-state index contributed by atoms with van der Waals surface area (Å²) in [6.45, 7) is 4.00. The summed E-state index contributed by atoms with van der Waals surface area (Å²) in [5, 5.41) is 0.694. The van der Waals surface area contributed by atoms with Gasteiger partial charge in [0.1, 0.15) is 5.82 Å². The molecule has 0 saturated carbocycles. The summed E-state index contributed by atoms with van der Waals surface area (Å²) in [4.78, 5) is 10.0. The number of nitrogens with zero attached hydrogens (tertiary/aromatic N) is 3. The van der Waals surface area contributed by atoms with E-state index in [1.165, 1.54) is 4.90 Å². The number of aromatic nitrogens is 2. The summed E-state index contributed by atoms with van der Waals surface area (Å²) in [7, 11) is 0. The summed E-state index contributed by atoms with van der Waals surface area (Å²) in [6, 6.07) is 7.40. The van der Waals surface area contributed by atoms with Gasteiger partial charge < -0.3 is 9.64 Å². The molecular formula is C18H19Cl2F2N3O. The summed E-state index contributed by atoms with van der Waals surface area (Å²) in [5.41, 5.74) is 2.44. The second-order valence-corrected chi connectivity index (χ2v) is 6.79. The third-order valence-corrected chi connectivity index (χ3v) is 4.69. The highest BCUT2D eigenvalue weighted by Crippen LogP contribution is 2.39. The lowest BCUT2D eigenvalue weighted by atomic mass is 9.91. The van der Waals surface area contributed by atoms with E-state index in [4.69, 9.17) is 27.9 Å². The molecule has 1 aromatic heterocycles. The third kappa shape index (κ3) is 3.77. The van der Waals surface area contributed by atoms with Crippen molar-refractivity contribution in [2.45, 2.75) is 32.3 Å². The maximum Gasteiger partial charge on any atom is 0.282 e. The number of hydrogen-bond donors (Lipinski definition) is 0. The van der Waals surface area contributed by atoms with Crippen LogP contribution in [0.4, 0.5) is 14.6 Å². The van der Waals surface area contributed by atoms with Crippen molar-refractivity contribution >= 4 is 29.0 Å². The van der Waals surface area contributed by atoms with Crippen LogP contribution < -0.4 is 4.90 Å². The Morgan fingerprint density at radius 2 is 1.77 bits per heavy atom. The molecule has 0 aliphatic carbocycles. The van der Waals surface area contributed by atoms with Crippen molar-refractivity contribution in [3.8, 4) is 0 Å². The quantitative estimate of drug-likeness (QED) is 0.668. The van der Waals surface area contributed by atoms with Gasteiger partial charge in [-0.1, -0.05) is 37.6 Å². The number of hydrogen-bond acceptors (Lipinski definition) is 4. The molecule has 0 radical (unpaired) electrons. The lowest BCUT2D eigenvalue weighted by Crippen LogP contribution is -2.57. The Hall–Kier alpha value is -1.50. The number of anilines is 1. The molecule has 0 bridgehead atoms. The maximum atomic E-state index is 13.2. The lowest BCUT2D eigenvalue weighted by molar-refractivity contribution is -0.0271. The standard InChI is InChI=1S/C16H13Cl2F2N3O.C2H6/c17-10-3-1-9(2-4-10)11-5-24-6-12-13(11)21-15(18)22-14(12)23-7-16(19,20)8-23;1-2/h1-4,11H,5-8H2;1-2H3. The van der Waals surface area contributed by atoms with Gasteiger partial charge >= 0.3 is 0 Å². The molecule has 0 N–H and O–H groups in total. The molecule has 2 aromatic rings. The van der Waals surface area contributed by atoms with E-state index in [0.717, 1.165) is 16.8 Å². The highest BCUT2D eigenvalue weighted by molar-refractivity contribution is 6.30. The van der Waals surface area contributed by atoms with Gasteiger partial charge in [0, 0.05) is 10.6 Å². The lowest BCUT2D eigenvalue weighted by Gasteiger charge is -2.41. The highest BCUT2D eigenvalue weighted by atomic mass is 35.5. The molecule has 2 aliphatic rings. The van der Waals surface area contributed by atoms with E-state index in [9.17, 15) is 8.78 Å². The van der Waals surface area contributed by atoms with Gasteiger partial charge in [0.2, 0.25) is 5.28 Å². The normalized spacial score (nSPS) is 20.5. The molecule has 2 aliphatic heterocycles. The fourth-order valence-electron chi connectivity index (χ4n) is 3.12. The second kappa shape index (κ2) is 7.62. The van der Waals surface area contributed by atoms with Gasteiger partial charge in [0.05, 0.1) is 37.9 Å². The van der Waals surface area contributed by atoms with Crippen LogP contribution in [0.3, 0.4) is 0 Å². The number of benzene rings is 1. The van der Waals surface area contributed by atoms with Crippen molar-refractivity contribution in [1.82, 2.24) is 9.97 Å². The van der Waals surface area contributed by atoms with Crippen molar-refractivity contribution in [1.29, 1.82) is 0 Å². The van der Waals surface area contributed by atoms with Gasteiger partial charge in [-0.15, -0.1) is 0 Å². The van der Waals surface area contributed by atoms with Gasteiger partial charge in [-0.05, 0) is 29.3 Å². The van der Waals surface area contributed by atoms with Gasteiger partial charge in [0.15, 0.2) is 0 Å². The molecule has 0 amide bonds. The van der Waals surface area contributed by atoms with Crippen LogP contribution in [0.5, 0.6) is 0 Å². The van der Waals surface area contributed by atoms with E-state index in [1.807, 2.05) is 26.0 Å². The van der Waals surface area contributed by atoms with E-state index >= 15 is 0 Å². The number of rotatable bonds is 2. The Balaban J connectivity index is 0.000000948. The van der Waals surface area contributed by atoms with Crippen LogP contribution in [-0.2, 0) is 11.3 Å². The highest BCUT2D eigenvalue weighted by Gasteiger charge is 2.46. The zero-order chi connectivity index (χ0) is 18.9. The van der Waals surface area contributed by atoms with Crippen LogP contribution >= 0.6 is 23.2 Å². The Morgan fingerprint density at radius 1 is 1.12 bits per heavy atom. The van der Waals surface area contributed by atoms with Crippen molar-refractivity contribution in [2.75, 3.05) is 24.6 Å². The predicted octanol–water partition coefficient (Wildman–Crippen LogP) is 4.93. The van der Waals surface area contributed by atoms with E-state index in [2.05, 4.69) is 9.97 Å². The summed E-state index contributed by atoms with van der Waals surface area (Å²) in [6.07, 6.45) is 0. The first kappa shape index (κ1) is 19.3. The van der Waals surface area contributed by atoms with Gasteiger partial charge in [0.25, 0.3) is 5.92 Å². The molecule has 1 unspecified atom stereocenters. The predicted molar refractivity (Wildman–Crippen MR) is 98.5 cm³/mol. The molecule has 0 spiro atoms. The summed E-state index contributed by atoms with van der Waals surface area (Å²) >= 11 is 12.0. The summed E-state index contributed by atoms with van der Waals surface area (Å²) in [5.74, 6) is -2.38. The van der Waals surface area contributed by atoms with E-state index in [1.54, 1.807) is 12.1 Å². The zero-order valence-electron chi connectivity index (χ0n) is 14.5. The molecule has 4 nitrogen and oxygen atoms in total. The molecule has 8 heteroatoms. The molecular weight excluding hydrogens is 383 g/mol. The second-order valence-electron chi connectivity index (χ2n) is 6.01. The van der Waals surface area contributed by atoms with Crippen LogP contribution in [0.15, 0.2) is 24.3 Å². The van der Waals surface area contributed by atoms with E-state index in [-0.39, 0.29) is 30.9 Å². The topological polar surface area (TPSA) is 38.2 Å². The minimum absolute atomic E-state index is 0.0554. The summed E-state index contributed by atoms with van der Waals surface area (Å²) < 4.78 is 32.1. The molecule has 1 saturated heterocycles. The Morgan fingerprint density at radius 3 is 2.38 bits per heavy atom. The van der Waals surface area contributed by atoms with Gasteiger partial charge in [-0.2, -0.15) is 0 Å². The van der Waals surface area contributed by atoms with Crippen molar-refractivity contribution in [2.24, 2.45) is 0 Å². The number of fused-ring (bicyclic) bond motifs is 1. The minimum atomic E-state index is -2.69. The van der Waals surface area contributed by atoms with Crippen LogP contribution in [-0.4, -0.2) is 35.6 Å². The van der Waals surface area contributed by atoms with Crippen LogP contribution in [0.25, 0.3) is 0 Å². The van der Waals surface area contributed by atoms with Crippen molar-refractivity contribution in [3.63, 3.8) is 0 Å². The fraction of sp³-hybridized carbons (Fsp3) is 0.444. The molecule has 1 atom stereocenters. The number of ether oxygens (including phenoxy) is 1. The van der Waals surface area contributed by atoms with Crippen LogP contribution in [0.2, 0.25) is 10.3 Å². The van der Waals surface area contributed by atoms with Gasteiger partial charge in [-0.25, -0.2) is 18.7 Å². The molecule has 3 heterocycles. The van der Waals surface area contributed by atoms with Crippen LogP contribution in [0, 0.1) is 0 Å². The van der Waals surface area contributed by atoms with Crippen molar-refractivity contribution in [3.05, 3.63) is 51.4 Å². The zero-order valence-corrected chi connectivity index (χ0v) is 16.0. The smallest absolute Gasteiger partial charge is 0.282 e. The Bertz CT molecular complexity index is 779. The maximum absolute atomic E-state index is 13.2. The van der Waals surface area contributed by atoms with Gasteiger partial charge in [-0.3, -0.25) is 0 Å². The Kier molecular flexibility index (Phi) is 5.65. The SMILES string of the molecule is CC.FC1(F)CN(c2nc(Cl)nc3c2COCC3c2ccc(Cl)cc2)C1. The number of halogens is 4. The van der Waals surface area contributed by atoms with E-state index in [0.29, 0.717) is 17.4 Å². The molecule has 140 valence electrons. The first-order chi connectivity index (χ1) is 12.4. The fourth-order valence-corrected chi connectivity index (χ4v) is 3.42. The van der Waals surface area contributed by atoms with Crippen LogP contribution in [0.1, 0.15) is 36.6 Å². The van der Waals surface area contributed by atoms with Crippen molar-refractivity contribution < 1.29 is 13.5 Å².